The highest BCUT2D eigenvalue weighted by Crippen LogP contribution is 2.33. The number of aliphatic carboxylic acids is 1. The van der Waals surface area contributed by atoms with Gasteiger partial charge in [0.1, 0.15) is 5.75 Å². The number of methoxy groups -OCH3 is 3. The van der Waals surface area contributed by atoms with Gasteiger partial charge in [-0.25, -0.2) is 4.79 Å². The van der Waals surface area contributed by atoms with Crippen molar-refractivity contribution in [2.45, 2.75) is 0 Å². The summed E-state index contributed by atoms with van der Waals surface area (Å²) in [7, 11) is 4.67. The lowest BCUT2D eigenvalue weighted by atomic mass is 9.97. The molecule has 0 atom stereocenters. The molecule has 0 saturated heterocycles. The third kappa shape index (κ3) is 3.83. The van der Waals surface area contributed by atoms with E-state index in [1.807, 2.05) is 12.1 Å². The fraction of sp³-hybridized carbons (Fsp3) is 0.167. The van der Waals surface area contributed by atoms with Gasteiger partial charge in [-0.3, -0.25) is 0 Å². The Kier molecular flexibility index (Phi) is 5.25. The van der Waals surface area contributed by atoms with Crippen LogP contribution in [-0.4, -0.2) is 32.4 Å². The zero-order chi connectivity index (χ0) is 16.8. The van der Waals surface area contributed by atoms with Crippen LogP contribution in [0.2, 0.25) is 0 Å². The number of carboxylic acid groups (broad SMARTS) is 1. The molecule has 2 rings (SSSR count). The van der Waals surface area contributed by atoms with Crippen molar-refractivity contribution < 1.29 is 24.1 Å². The third-order valence-corrected chi connectivity index (χ3v) is 3.36. The largest absolute Gasteiger partial charge is 0.497 e. The molecule has 0 aliphatic carbocycles. The van der Waals surface area contributed by atoms with Crippen molar-refractivity contribution in [3.8, 4) is 17.2 Å². The van der Waals surface area contributed by atoms with Crippen LogP contribution in [0.15, 0.2) is 48.5 Å². The normalized spacial score (nSPS) is 11.0. The van der Waals surface area contributed by atoms with Gasteiger partial charge >= 0.3 is 5.97 Å². The minimum absolute atomic E-state index is 0.537. The second-order valence-corrected chi connectivity index (χ2v) is 4.69. The average Bonchev–Trinajstić information content (AvgIpc) is 2.59. The van der Waals surface area contributed by atoms with Gasteiger partial charge in [0.15, 0.2) is 11.5 Å². The van der Waals surface area contributed by atoms with Crippen LogP contribution >= 0.6 is 0 Å². The van der Waals surface area contributed by atoms with Crippen molar-refractivity contribution in [3.63, 3.8) is 0 Å². The Labute approximate surface area is 134 Å². The first-order valence-corrected chi connectivity index (χ1v) is 6.90. The topological polar surface area (TPSA) is 65.0 Å². The van der Waals surface area contributed by atoms with E-state index in [0.29, 0.717) is 22.8 Å². The third-order valence-electron chi connectivity index (χ3n) is 3.36. The van der Waals surface area contributed by atoms with Gasteiger partial charge in [-0.1, -0.05) is 18.2 Å². The van der Waals surface area contributed by atoms with E-state index in [1.54, 1.807) is 44.6 Å². The molecule has 5 nitrogen and oxygen atoms in total. The van der Waals surface area contributed by atoms with E-state index in [9.17, 15) is 9.90 Å². The Hall–Kier alpha value is -2.95. The first-order chi connectivity index (χ1) is 11.1. The zero-order valence-electron chi connectivity index (χ0n) is 13.2. The molecule has 1 N–H and O–H groups in total. The second-order valence-electron chi connectivity index (χ2n) is 4.69. The monoisotopic (exact) mass is 314 g/mol. The summed E-state index contributed by atoms with van der Waals surface area (Å²) in [6.07, 6.45) is 1.17. The lowest BCUT2D eigenvalue weighted by molar-refractivity contribution is -0.131. The minimum atomic E-state index is -1.02. The molecule has 2 aromatic rings. The lowest BCUT2D eigenvalue weighted by Crippen LogP contribution is -1.97. The van der Waals surface area contributed by atoms with Gasteiger partial charge in [0.05, 0.1) is 21.3 Å². The fourth-order valence-electron chi connectivity index (χ4n) is 2.23. The number of ether oxygens (including phenoxy) is 3. The van der Waals surface area contributed by atoms with Crippen molar-refractivity contribution in [1.29, 1.82) is 0 Å². The molecule has 120 valence electrons. The highest BCUT2D eigenvalue weighted by Gasteiger charge is 2.11. The quantitative estimate of drug-likeness (QED) is 0.829. The van der Waals surface area contributed by atoms with Crippen LogP contribution in [0.5, 0.6) is 17.2 Å². The predicted molar refractivity (Wildman–Crippen MR) is 87.3 cm³/mol. The van der Waals surface area contributed by atoms with E-state index in [1.165, 1.54) is 13.2 Å². The first kappa shape index (κ1) is 16.4. The van der Waals surface area contributed by atoms with E-state index >= 15 is 0 Å². The van der Waals surface area contributed by atoms with E-state index in [4.69, 9.17) is 14.2 Å². The van der Waals surface area contributed by atoms with Gasteiger partial charge in [0.2, 0.25) is 0 Å². The molecule has 5 heteroatoms. The lowest BCUT2D eigenvalue weighted by Gasteiger charge is -2.12. The number of carbonyl (C=O) groups is 1. The van der Waals surface area contributed by atoms with Gasteiger partial charge in [0, 0.05) is 6.08 Å². The van der Waals surface area contributed by atoms with Gasteiger partial charge in [0.25, 0.3) is 0 Å². The standard InChI is InChI=1S/C18H18O5/c1-21-14-7-4-12(5-8-14)15(11-18(19)20)13-6-9-16(22-2)17(10-13)23-3/h4-11H,1-3H3,(H,19,20)/b15-11-. The molecule has 0 aliphatic heterocycles. The van der Waals surface area contributed by atoms with Crippen molar-refractivity contribution in [2.75, 3.05) is 21.3 Å². The van der Waals surface area contributed by atoms with Gasteiger partial charge in [-0.05, 0) is 41.0 Å². The van der Waals surface area contributed by atoms with Crippen LogP contribution < -0.4 is 14.2 Å². The Morgan fingerprint density at radius 1 is 0.870 bits per heavy atom. The number of benzene rings is 2. The predicted octanol–water partition coefficient (Wildman–Crippen LogP) is 3.23. The van der Waals surface area contributed by atoms with E-state index < -0.39 is 5.97 Å². The Morgan fingerprint density at radius 3 is 2.00 bits per heavy atom. The maximum absolute atomic E-state index is 11.2. The molecule has 0 heterocycles. The van der Waals surface area contributed by atoms with Crippen molar-refractivity contribution in [1.82, 2.24) is 0 Å². The van der Waals surface area contributed by atoms with Crippen molar-refractivity contribution >= 4 is 11.5 Å². The maximum atomic E-state index is 11.2. The van der Waals surface area contributed by atoms with Gasteiger partial charge < -0.3 is 19.3 Å². The molecule has 23 heavy (non-hydrogen) atoms. The molecular formula is C18H18O5. The molecular weight excluding hydrogens is 296 g/mol. The SMILES string of the molecule is COc1ccc(/C(=C/C(=O)O)c2ccc(OC)c(OC)c2)cc1. The van der Waals surface area contributed by atoms with Gasteiger partial charge in [-0.2, -0.15) is 0 Å². The minimum Gasteiger partial charge on any atom is -0.497 e. The molecule has 0 saturated carbocycles. The zero-order valence-corrected chi connectivity index (χ0v) is 13.2. The Bertz CT molecular complexity index is 717. The molecule has 0 spiro atoms. The second kappa shape index (κ2) is 7.35. The molecule has 0 unspecified atom stereocenters. The smallest absolute Gasteiger partial charge is 0.328 e. The summed E-state index contributed by atoms with van der Waals surface area (Å²) >= 11 is 0. The van der Waals surface area contributed by atoms with Crippen molar-refractivity contribution in [2.24, 2.45) is 0 Å². The van der Waals surface area contributed by atoms with E-state index in [0.717, 1.165) is 11.1 Å². The highest BCUT2D eigenvalue weighted by atomic mass is 16.5. The summed E-state index contributed by atoms with van der Waals surface area (Å²) in [4.78, 5) is 11.2. The summed E-state index contributed by atoms with van der Waals surface area (Å²) in [6.45, 7) is 0. The Balaban J connectivity index is 2.53. The summed E-state index contributed by atoms with van der Waals surface area (Å²) in [5.41, 5.74) is 2.05. The number of hydrogen-bond donors (Lipinski definition) is 1. The molecule has 0 bridgehead atoms. The summed E-state index contributed by atoms with van der Waals surface area (Å²) < 4.78 is 15.6. The number of rotatable bonds is 6. The van der Waals surface area contributed by atoms with E-state index in [2.05, 4.69) is 0 Å². The van der Waals surface area contributed by atoms with Crippen molar-refractivity contribution in [3.05, 3.63) is 59.7 Å². The molecule has 0 amide bonds. The molecule has 0 fully saturated rings. The fourth-order valence-corrected chi connectivity index (χ4v) is 2.23. The van der Waals surface area contributed by atoms with Crippen LogP contribution in [0.4, 0.5) is 0 Å². The van der Waals surface area contributed by atoms with Crippen LogP contribution in [0.25, 0.3) is 5.57 Å². The molecule has 0 radical (unpaired) electrons. The summed E-state index contributed by atoms with van der Waals surface area (Å²) in [5, 5.41) is 9.18. The molecule has 0 aliphatic rings. The number of hydrogen-bond acceptors (Lipinski definition) is 4. The first-order valence-electron chi connectivity index (χ1n) is 6.90. The highest BCUT2D eigenvalue weighted by molar-refractivity contribution is 5.95. The molecule has 0 aromatic heterocycles. The van der Waals surface area contributed by atoms with E-state index in [-0.39, 0.29) is 0 Å². The van der Waals surface area contributed by atoms with Crippen LogP contribution in [0, 0.1) is 0 Å². The Morgan fingerprint density at radius 2 is 1.48 bits per heavy atom. The van der Waals surface area contributed by atoms with Crippen LogP contribution in [0.1, 0.15) is 11.1 Å². The van der Waals surface area contributed by atoms with Gasteiger partial charge in [-0.15, -0.1) is 0 Å². The van der Waals surface area contributed by atoms with Crippen LogP contribution in [-0.2, 0) is 4.79 Å². The number of carboxylic acids is 1. The summed E-state index contributed by atoms with van der Waals surface area (Å²) in [5.74, 6) is 0.803. The van der Waals surface area contributed by atoms with Crippen LogP contribution in [0.3, 0.4) is 0 Å². The molecule has 2 aromatic carbocycles. The summed E-state index contributed by atoms with van der Waals surface area (Å²) in [6, 6.07) is 12.5. The maximum Gasteiger partial charge on any atom is 0.328 e. The average molecular weight is 314 g/mol.